The van der Waals surface area contributed by atoms with Crippen LogP contribution in [0.3, 0.4) is 0 Å². The molecule has 0 unspecified atom stereocenters. The number of morpholine rings is 1. The molecule has 2 rings (SSSR count). The molecule has 0 aromatic carbocycles. The lowest BCUT2D eigenvalue weighted by atomic mass is 10.1. The van der Waals surface area contributed by atoms with E-state index in [4.69, 9.17) is 4.74 Å². The van der Waals surface area contributed by atoms with Crippen LogP contribution in [0.15, 0.2) is 12.7 Å². The van der Waals surface area contributed by atoms with Gasteiger partial charge < -0.3 is 10.1 Å². The summed E-state index contributed by atoms with van der Waals surface area (Å²) in [5.41, 5.74) is 0. The van der Waals surface area contributed by atoms with Crippen molar-refractivity contribution in [2.45, 2.75) is 52.0 Å². The molecule has 21 heavy (non-hydrogen) atoms. The molecular weight excluding hydrogens is 270 g/mol. The van der Waals surface area contributed by atoms with Crippen LogP contribution in [0.2, 0.25) is 0 Å². The van der Waals surface area contributed by atoms with E-state index in [2.05, 4.69) is 41.1 Å². The minimum Gasteiger partial charge on any atom is -0.373 e. The zero-order valence-corrected chi connectivity index (χ0v) is 13.0. The lowest BCUT2D eigenvalue weighted by Crippen LogP contribution is -2.52. The fraction of sp³-hybridized carbons (Fsp3) is 0.786. The van der Waals surface area contributed by atoms with E-state index in [0.717, 1.165) is 13.1 Å². The highest BCUT2D eigenvalue weighted by Gasteiger charge is 2.25. The third-order valence-electron chi connectivity index (χ3n) is 3.70. The summed E-state index contributed by atoms with van der Waals surface area (Å²) in [7, 11) is 0. The normalized spacial score (nSPS) is 24.7. The minimum absolute atomic E-state index is 0.0479. The molecule has 0 saturated carbocycles. The van der Waals surface area contributed by atoms with Gasteiger partial charge in [0.1, 0.15) is 12.7 Å². The molecule has 118 valence electrons. The number of nitrogens with zero attached hydrogens (tertiary/aromatic N) is 4. The maximum Gasteiger partial charge on any atom is 0.221 e. The molecule has 0 aliphatic carbocycles. The summed E-state index contributed by atoms with van der Waals surface area (Å²) in [6.45, 7) is 9.38. The number of rotatable bonds is 6. The number of aryl methyl sites for hydroxylation is 1. The van der Waals surface area contributed by atoms with Crippen molar-refractivity contribution in [2.75, 3.05) is 19.6 Å². The number of hydrogen-bond acceptors (Lipinski definition) is 5. The molecule has 1 N–H and O–H groups in total. The van der Waals surface area contributed by atoms with Gasteiger partial charge in [-0.15, -0.1) is 0 Å². The summed E-state index contributed by atoms with van der Waals surface area (Å²) in [5, 5.41) is 6.97. The zero-order chi connectivity index (χ0) is 15.2. The van der Waals surface area contributed by atoms with Gasteiger partial charge in [-0.1, -0.05) is 0 Å². The molecule has 1 aliphatic rings. The van der Waals surface area contributed by atoms with E-state index in [-0.39, 0.29) is 18.1 Å². The van der Waals surface area contributed by atoms with Gasteiger partial charge in [0.15, 0.2) is 0 Å². The van der Waals surface area contributed by atoms with Gasteiger partial charge >= 0.3 is 0 Å². The molecule has 1 aliphatic heterocycles. The Hall–Kier alpha value is -1.47. The fourth-order valence-corrected chi connectivity index (χ4v) is 2.62. The smallest absolute Gasteiger partial charge is 0.221 e. The number of carbonyl (C=O) groups is 1. The first kappa shape index (κ1) is 15.9. The Kier molecular flexibility index (Phi) is 5.69. The predicted molar refractivity (Wildman–Crippen MR) is 78.7 cm³/mol. The third kappa shape index (κ3) is 5.09. The molecule has 1 aromatic heterocycles. The van der Waals surface area contributed by atoms with E-state index in [0.29, 0.717) is 25.6 Å². The second-order valence-electron chi connectivity index (χ2n) is 5.77. The molecule has 1 saturated heterocycles. The monoisotopic (exact) mass is 295 g/mol. The van der Waals surface area contributed by atoms with Crippen molar-refractivity contribution >= 4 is 5.91 Å². The van der Waals surface area contributed by atoms with Crippen molar-refractivity contribution in [2.24, 2.45) is 0 Å². The molecular formula is C14H25N5O2. The van der Waals surface area contributed by atoms with Crippen LogP contribution in [0, 0.1) is 0 Å². The maximum absolute atomic E-state index is 11.8. The molecule has 3 atom stereocenters. The highest BCUT2D eigenvalue weighted by Crippen LogP contribution is 2.13. The summed E-state index contributed by atoms with van der Waals surface area (Å²) < 4.78 is 7.39. The zero-order valence-electron chi connectivity index (χ0n) is 13.0. The van der Waals surface area contributed by atoms with Gasteiger partial charge in [0.05, 0.1) is 18.8 Å². The first-order chi connectivity index (χ1) is 10.0. The number of aromatic nitrogens is 3. The lowest BCUT2D eigenvalue weighted by molar-refractivity contribution is -0.122. The number of ether oxygens (including phenoxy) is 1. The summed E-state index contributed by atoms with van der Waals surface area (Å²) in [4.78, 5) is 18.1. The van der Waals surface area contributed by atoms with E-state index < -0.39 is 0 Å². The van der Waals surface area contributed by atoms with Gasteiger partial charge in [0.2, 0.25) is 5.91 Å². The minimum atomic E-state index is 0.0479. The number of hydrogen-bond donors (Lipinski definition) is 1. The molecule has 7 nitrogen and oxygen atoms in total. The largest absolute Gasteiger partial charge is 0.373 e. The van der Waals surface area contributed by atoms with Crippen LogP contribution >= 0.6 is 0 Å². The number of amides is 1. The van der Waals surface area contributed by atoms with Crippen LogP contribution in [-0.4, -0.2) is 63.5 Å². The SMILES string of the molecule is C[C@@H]1CN([C@H](C)CNC(=O)CCn2cncn2)C[C@H](C)O1. The average molecular weight is 295 g/mol. The maximum atomic E-state index is 11.8. The van der Waals surface area contributed by atoms with E-state index in [9.17, 15) is 4.79 Å². The molecule has 1 fully saturated rings. The summed E-state index contributed by atoms with van der Waals surface area (Å²) in [5.74, 6) is 0.0479. The van der Waals surface area contributed by atoms with Crippen LogP contribution in [0.25, 0.3) is 0 Å². The van der Waals surface area contributed by atoms with Crippen molar-refractivity contribution in [3.05, 3.63) is 12.7 Å². The highest BCUT2D eigenvalue weighted by atomic mass is 16.5. The molecule has 0 spiro atoms. The predicted octanol–water partition coefficient (Wildman–Crippen LogP) is 0.282. The van der Waals surface area contributed by atoms with Gasteiger partial charge in [-0.05, 0) is 20.8 Å². The summed E-state index contributed by atoms with van der Waals surface area (Å²) in [6.07, 6.45) is 4.01. The molecule has 1 amide bonds. The number of carbonyl (C=O) groups excluding carboxylic acids is 1. The topological polar surface area (TPSA) is 72.3 Å². The van der Waals surface area contributed by atoms with Crippen LogP contribution < -0.4 is 5.32 Å². The van der Waals surface area contributed by atoms with Crippen LogP contribution in [0.1, 0.15) is 27.2 Å². The van der Waals surface area contributed by atoms with Crippen molar-refractivity contribution in [1.29, 1.82) is 0 Å². The van der Waals surface area contributed by atoms with Crippen molar-refractivity contribution in [3.63, 3.8) is 0 Å². The van der Waals surface area contributed by atoms with Gasteiger partial charge in [-0.25, -0.2) is 4.98 Å². The van der Waals surface area contributed by atoms with E-state index in [1.165, 1.54) is 6.33 Å². The Bertz CT molecular complexity index is 427. The van der Waals surface area contributed by atoms with Gasteiger partial charge in [-0.3, -0.25) is 14.4 Å². The Morgan fingerprint density at radius 1 is 1.43 bits per heavy atom. The Morgan fingerprint density at radius 2 is 2.14 bits per heavy atom. The Labute approximate surface area is 125 Å². The van der Waals surface area contributed by atoms with Crippen molar-refractivity contribution < 1.29 is 9.53 Å². The molecule has 0 bridgehead atoms. The fourth-order valence-electron chi connectivity index (χ4n) is 2.62. The van der Waals surface area contributed by atoms with E-state index in [1.807, 2.05) is 0 Å². The van der Waals surface area contributed by atoms with E-state index >= 15 is 0 Å². The summed E-state index contributed by atoms with van der Waals surface area (Å²) in [6, 6.07) is 0.314. The number of nitrogens with one attached hydrogen (secondary N) is 1. The standard InChI is InChI=1S/C14H25N5O2/c1-11(18-7-12(2)21-13(3)8-18)6-16-14(20)4-5-19-10-15-9-17-19/h9-13H,4-8H2,1-3H3,(H,16,20)/t11-,12-,13+/m1/s1. The average Bonchev–Trinajstić information content (AvgIpc) is 2.94. The van der Waals surface area contributed by atoms with Crippen molar-refractivity contribution in [3.8, 4) is 0 Å². The van der Waals surface area contributed by atoms with Gasteiger partial charge in [0.25, 0.3) is 0 Å². The Balaban J connectivity index is 1.68. The van der Waals surface area contributed by atoms with Crippen molar-refractivity contribution in [1.82, 2.24) is 25.0 Å². The molecule has 0 radical (unpaired) electrons. The van der Waals surface area contributed by atoms with Crippen LogP contribution in [0.4, 0.5) is 0 Å². The third-order valence-corrected chi connectivity index (χ3v) is 3.70. The quantitative estimate of drug-likeness (QED) is 0.816. The molecule has 2 heterocycles. The second kappa shape index (κ2) is 7.51. The van der Waals surface area contributed by atoms with Crippen LogP contribution in [-0.2, 0) is 16.1 Å². The highest BCUT2D eigenvalue weighted by molar-refractivity contribution is 5.75. The second-order valence-corrected chi connectivity index (χ2v) is 5.77. The first-order valence-corrected chi connectivity index (χ1v) is 7.53. The Morgan fingerprint density at radius 3 is 2.76 bits per heavy atom. The molecule has 1 aromatic rings. The first-order valence-electron chi connectivity index (χ1n) is 7.53. The van der Waals surface area contributed by atoms with Gasteiger partial charge in [-0.2, -0.15) is 5.10 Å². The van der Waals surface area contributed by atoms with Crippen LogP contribution in [0.5, 0.6) is 0 Å². The van der Waals surface area contributed by atoms with Gasteiger partial charge in [0, 0.05) is 32.1 Å². The lowest BCUT2D eigenvalue weighted by Gasteiger charge is -2.39. The molecule has 7 heteroatoms. The summed E-state index contributed by atoms with van der Waals surface area (Å²) >= 11 is 0. The van der Waals surface area contributed by atoms with E-state index in [1.54, 1.807) is 11.0 Å².